The van der Waals surface area contributed by atoms with Crippen molar-refractivity contribution in [1.29, 1.82) is 0 Å². The zero-order valence-electron chi connectivity index (χ0n) is 11.1. The van der Waals surface area contributed by atoms with E-state index in [0.29, 0.717) is 10.3 Å². The molecule has 3 rings (SSSR count). The SMILES string of the molecule is O=C(CSc1nc2c(c(=O)[nH]1)CCCC2)Nc1nncs1. The average Bonchev–Trinajstić information content (AvgIpc) is 2.98. The molecule has 0 aliphatic heterocycles. The van der Waals surface area contributed by atoms with Gasteiger partial charge in [-0.25, -0.2) is 4.98 Å². The predicted octanol–water partition coefficient (Wildman–Crippen LogP) is 1.23. The molecule has 0 aromatic carbocycles. The van der Waals surface area contributed by atoms with E-state index in [9.17, 15) is 9.59 Å². The second-order valence-electron chi connectivity index (χ2n) is 4.58. The first-order chi connectivity index (χ1) is 10.2. The van der Waals surface area contributed by atoms with E-state index < -0.39 is 0 Å². The van der Waals surface area contributed by atoms with Crippen molar-refractivity contribution in [3.05, 3.63) is 27.1 Å². The van der Waals surface area contributed by atoms with Gasteiger partial charge in [-0.3, -0.25) is 14.9 Å². The van der Waals surface area contributed by atoms with Gasteiger partial charge in [-0.2, -0.15) is 0 Å². The molecule has 0 radical (unpaired) electrons. The van der Waals surface area contributed by atoms with Crippen LogP contribution in [0.15, 0.2) is 15.5 Å². The minimum Gasteiger partial charge on any atom is -0.301 e. The molecule has 0 atom stereocenters. The van der Waals surface area contributed by atoms with Crippen LogP contribution in [0.1, 0.15) is 24.1 Å². The summed E-state index contributed by atoms with van der Waals surface area (Å²) in [6.45, 7) is 0. The summed E-state index contributed by atoms with van der Waals surface area (Å²) in [6.07, 6.45) is 3.73. The number of H-pyrrole nitrogens is 1. The summed E-state index contributed by atoms with van der Waals surface area (Å²) < 4.78 is 0. The number of nitrogens with one attached hydrogen (secondary N) is 2. The summed E-state index contributed by atoms with van der Waals surface area (Å²) in [7, 11) is 0. The average molecular weight is 323 g/mol. The standard InChI is InChI=1S/C12H13N5O2S2/c18-9(15-12-17-13-6-21-12)5-20-11-14-8-4-2-1-3-7(8)10(19)16-11/h6H,1-5H2,(H,14,16,19)(H,15,17,18). The van der Waals surface area contributed by atoms with Crippen LogP contribution in [0.4, 0.5) is 5.13 Å². The minimum atomic E-state index is -0.197. The number of thioether (sulfide) groups is 1. The van der Waals surface area contributed by atoms with Crippen molar-refractivity contribution in [2.45, 2.75) is 30.8 Å². The molecular formula is C12H13N5O2S2. The van der Waals surface area contributed by atoms with Gasteiger partial charge in [-0.15, -0.1) is 10.2 Å². The molecule has 1 amide bonds. The Morgan fingerprint density at radius 1 is 1.43 bits per heavy atom. The Kier molecular flexibility index (Phi) is 4.30. The second kappa shape index (κ2) is 6.35. The first kappa shape index (κ1) is 14.2. The smallest absolute Gasteiger partial charge is 0.254 e. The van der Waals surface area contributed by atoms with E-state index in [-0.39, 0.29) is 17.2 Å². The monoisotopic (exact) mass is 323 g/mol. The van der Waals surface area contributed by atoms with Crippen molar-refractivity contribution in [3.63, 3.8) is 0 Å². The Morgan fingerprint density at radius 2 is 2.29 bits per heavy atom. The van der Waals surface area contributed by atoms with E-state index in [4.69, 9.17) is 0 Å². The number of aromatic nitrogens is 4. The summed E-state index contributed by atoms with van der Waals surface area (Å²) in [5, 5.41) is 11.0. The number of fused-ring (bicyclic) bond motifs is 1. The molecule has 0 spiro atoms. The van der Waals surface area contributed by atoms with Gasteiger partial charge in [0.2, 0.25) is 11.0 Å². The number of rotatable bonds is 4. The van der Waals surface area contributed by atoms with E-state index >= 15 is 0 Å². The summed E-state index contributed by atoms with van der Waals surface area (Å²) in [5.74, 6) is -0.0291. The van der Waals surface area contributed by atoms with Gasteiger partial charge in [0.15, 0.2) is 5.16 Å². The highest BCUT2D eigenvalue weighted by atomic mass is 32.2. The molecule has 1 aliphatic carbocycles. The lowest BCUT2D eigenvalue weighted by Gasteiger charge is -2.14. The number of aromatic amines is 1. The van der Waals surface area contributed by atoms with Crippen LogP contribution in [-0.4, -0.2) is 31.8 Å². The lowest BCUT2D eigenvalue weighted by molar-refractivity contribution is -0.113. The molecule has 2 aromatic rings. The number of hydrogen-bond donors (Lipinski definition) is 2. The summed E-state index contributed by atoms with van der Waals surface area (Å²) in [5.41, 5.74) is 3.14. The molecule has 2 heterocycles. The Labute approximate surface area is 128 Å². The fraction of sp³-hybridized carbons (Fsp3) is 0.417. The van der Waals surface area contributed by atoms with Crippen LogP contribution in [0.25, 0.3) is 0 Å². The largest absolute Gasteiger partial charge is 0.301 e. The van der Waals surface area contributed by atoms with E-state index in [2.05, 4.69) is 25.5 Å². The fourth-order valence-electron chi connectivity index (χ4n) is 2.17. The van der Waals surface area contributed by atoms with Crippen molar-refractivity contribution in [2.24, 2.45) is 0 Å². The zero-order valence-corrected chi connectivity index (χ0v) is 12.7. The topological polar surface area (TPSA) is 101 Å². The molecule has 0 unspecified atom stereocenters. The molecule has 0 fully saturated rings. The molecular weight excluding hydrogens is 310 g/mol. The highest BCUT2D eigenvalue weighted by molar-refractivity contribution is 7.99. The minimum absolute atomic E-state index is 0.0771. The van der Waals surface area contributed by atoms with Crippen LogP contribution in [0, 0.1) is 0 Å². The maximum Gasteiger partial charge on any atom is 0.254 e. The summed E-state index contributed by atoms with van der Waals surface area (Å²) in [6, 6.07) is 0. The molecule has 9 heteroatoms. The molecule has 7 nitrogen and oxygen atoms in total. The van der Waals surface area contributed by atoms with Gasteiger partial charge in [-0.1, -0.05) is 23.1 Å². The van der Waals surface area contributed by atoms with Gasteiger partial charge >= 0.3 is 0 Å². The fourth-order valence-corrected chi connectivity index (χ4v) is 3.31. The molecule has 0 saturated carbocycles. The maximum absolute atomic E-state index is 12.0. The highest BCUT2D eigenvalue weighted by Gasteiger charge is 2.16. The third kappa shape index (κ3) is 3.48. The van der Waals surface area contributed by atoms with Gasteiger partial charge in [0.25, 0.3) is 5.56 Å². The number of anilines is 1. The van der Waals surface area contributed by atoms with Gasteiger partial charge in [0, 0.05) is 5.56 Å². The molecule has 21 heavy (non-hydrogen) atoms. The van der Waals surface area contributed by atoms with E-state index in [0.717, 1.165) is 36.9 Å². The van der Waals surface area contributed by atoms with Crippen LogP contribution in [0.5, 0.6) is 0 Å². The molecule has 0 saturated heterocycles. The van der Waals surface area contributed by atoms with Crippen LogP contribution >= 0.6 is 23.1 Å². The number of hydrogen-bond acceptors (Lipinski definition) is 7. The highest BCUT2D eigenvalue weighted by Crippen LogP contribution is 2.19. The molecule has 2 N–H and O–H groups in total. The van der Waals surface area contributed by atoms with Gasteiger partial charge < -0.3 is 4.98 Å². The van der Waals surface area contributed by atoms with Gasteiger partial charge in [0.1, 0.15) is 5.51 Å². The van der Waals surface area contributed by atoms with Crippen LogP contribution in [-0.2, 0) is 17.6 Å². The van der Waals surface area contributed by atoms with E-state index in [1.165, 1.54) is 23.1 Å². The van der Waals surface area contributed by atoms with E-state index in [1.54, 1.807) is 5.51 Å². The lowest BCUT2D eigenvalue weighted by Crippen LogP contribution is -2.22. The normalized spacial score (nSPS) is 13.7. The maximum atomic E-state index is 12.0. The lowest BCUT2D eigenvalue weighted by atomic mass is 9.97. The van der Waals surface area contributed by atoms with Crippen LogP contribution in [0.2, 0.25) is 0 Å². The second-order valence-corrected chi connectivity index (χ2v) is 6.38. The first-order valence-corrected chi connectivity index (χ1v) is 8.40. The van der Waals surface area contributed by atoms with Gasteiger partial charge in [0.05, 0.1) is 11.4 Å². The van der Waals surface area contributed by atoms with Crippen molar-refractivity contribution in [3.8, 4) is 0 Å². The van der Waals surface area contributed by atoms with Crippen molar-refractivity contribution in [2.75, 3.05) is 11.1 Å². The number of amides is 1. The van der Waals surface area contributed by atoms with Gasteiger partial charge in [-0.05, 0) is 25.7 Å². The molecule has 0 bridgehead atoms. The Hall–Kier alpha value is -1.74. The Morgan fingerprint density at radius 3 is 3.10 bits per heavy atom. The number of nitrogens with zero attached hydrogens (tertiary/aromatic N) is 3. The third-order valence-corrected chi connectivity index (χ3v) is 4.60. The zero-order chi connectivity index (χ0) is 14.7. The molecule has 2 aromatic heterocycles. The quantitative estimate of drug-likeness (QED) is 0.648. The Balaban J connectivity index is 1.64. The molecule has 110 valence electrons. The van der Waals surface area contributed by atoms with Crippen molar-refractivity contribution < 1.29 is 4.79 Å². The van der Waals surface area contributed by atoms with Crippen molar-refractivity contribution >= 4 is 34.1 Å². The molecule has 1 aliphatic rings. The predicted molar refractivity (Wildman–Crippen MR) is 80.8 cm³/mol. The third-order valence-electron chi connectivity index (χ3n) is 3.12. The van der Waals surface area contributed by atoms with Crippen LogP contribution < -0.4 is 10.9 Å². The Bertz CT molecular complexity index is 698. The first-order valence-electron chi connectivity index (χ1n) is 6.53. The number of carbonyl (C=O) groups is 1. The summed E-state index contributed by atoms with van der Waals surface area (Å²) >= 11 is 2.47. The number of carbonyl (C=O) groups excluding carboxylic acids is 1. The van der Waals surface area contributed by atoms with Crippen molar-refractivity contribution in [1.82, 2.24) is 20.2 Å². The van der Waals surface area contributed by atoms with E-state index in [1.807, 2.05) is 0 Å². The summed E-state index contributed by atoms with van der Waals surface area (Å²) in [4.78, 5) is 30.9. The van der Waals surface area contributed by atoms with Crippen LogP contribution in [0.3, 0.4) is 0 Å². The number of aryl methyl sites for hydroxylation is 1.